The predicted octanol–water partition coefficient (Wildman–Crippen LogP) is -0.606. The first kappa shape index (κ1) is 14.4. The molecule has 1 fully saturated rings. The minimum atomic E-state index is -2.54. The fourth-order valence-electron chi connectivity index (χ4n) is 1.33. The number of ether oxygens (including phenoxy) is 1. The van der Waals surface area contributed by atoms with Gasteiger partial charge in [0.1, 0.15) is 0 Å². The van der Waals surface area contributed by atoms with Gasteiger partial charge in [-0.15, -0.1) is 0 Å². The Bertz CT molecular complexity index is 315. The van der Waals surface area contributed by atoms with Crippen LogP contribution in [0.25, 0.3) is 0 Å². The molecule has 1 rings (SSSR count). The molecular formula is C10H14O8. The molecule has 0 aromatic rings. The van der Waals surface area contributed by atoms with Crippen LogP contribution in [0.2, 0.25) is 0 Å². The van der Waals surface area contributed by atoms with Crippen molar-refractivity contribution in [1.29, 1.82) is 0 Å². The van der Waals surface area contributed by atoms with Gasteiger partial charge in [-0.3, -0.25) is 9.68 Å². The molecule has 1 heterocycles. The van der Waals surface area contributed by atoms with Gasteiger partial charge in [0.05, 0.1) is 26.1 Å². The quantitative estimate of drug-likeness (QED) is 0.474. The molecule has 18 heavy (non-hydrogen) atoms. The van der Waals surface area contributed by atoms with Crippen LogP contribution in [0.5, 0.6) is 0 Å². The number of hydrogen-bond acceptors (Lipinski definition) is 7. The third-order valence-electron chi connectivity index (χ3n) is 2.31. The second kappa shape index (κ2) is 6.31. The third-order valence-corrected chi connectivity index (χ3v) is 2.31. The number of carbonyl (C=O) groups excluding carboxylic acids is 2. The molecular weight excluding hydrogens is 248 g/mol. The van der Waals surface area contributed by atoms with E-state index in [2.05, 4.69) is 9.78 Å². The van der Waals surface area contributed by atoms with Crippen molar-refractivity contribution in [2.24, 2.45) is 0 Å². The van der Waals surface area contributed by atoms with Gasteiger partial charge < -0.3 is 14.9 Å². The van der Waals surface area contributed by atoms with Crippen LogP contribution in [-0.4, -0.2) is 46.9 Å². The van der Waals surface area contributed by atoms with Gasteiger partial charge in [-0.1, -0.05) is 0 Å². The molecule has 2 N–H and O–H groups in total. The van der Waals surface area contributed by atoms with Crippen molar-refractivity contribution in [3.05, 3.63) is 0 Å². The van der Waals surface area contributed by atoms with E-state index in [-0.39, 0.29) is 13.2 Å². The molecule has 0 bridgehead atoms. The first-order chi connectivity index (χ1) is 8.44. The second-order valence-electron chi connectivity index (χ2n) is 3.90. The molecule has 0 amide bonds. The molecule has 1 saturated heterocycles. The Morgan fingerprint density at radius 3 is 2.39 bits per heavy atom. The fraction of sp³-hybridized carbons (Fsp3) is 0.700. The van der Waals surface area contributed by atoms with Gasteiger partial charge in [0.2, 0.25) is 0 Å². The largest absolute Gasteiger partial charge is 0.479 e. The lowest BCUT2D eigenvalue weighted by Gasteiger charge is -2.21. The summed E-state index contributed by atoms with van der Waals surface area (Å²) in [5.41, 5.74) is -2.54. The van der Waals surface area contributed by atoms with Gasteiger partial charge in [0.25, 0.3) is 0 Å². The summed E-state index contributed by atoms with van der Waals surface area (Å²) in [6, 6.07) is 0. The highest BCUT2D eigenvalue weighted by molar-refractivity contribution is 5.88. The zero-order chi connectivity index (χ0) is 13.6. The lowest BCUT2D eigenvalue weighted by molar-refractivity contribution is -0.275. The maximum absolute atomic E-state index is 11.3. The predicted molar refractivity (Wildman–Crippen MR) is 54.1 cm³/mol. The normalized spacial score (nSPS) is 27.4. The lowest BCUT2D eigenvalue weighted by atomic mass is 9.96. The molecule has 8 heteroatoms. The van der Waals surface area contributed by atoms with Crippen LogP contribution in [-0.2, 0) is 28.9 Å². The van der Waals surface area contributed by atoms with E-state index in [9.17, 15) is 19.5 Å². The molecule has 0 aromatic heterocycles. The highest BCUT2D eigenvalue weighted by atomic mass is 17.2. The maximum Gasteiger partial charge on any atom is 0.345 e. The van der Waals surface area contributed by atoms with E-state index >= 15 is 0 Å². The Morgan fingerprint density at radius 1 is 1.11 bits per heavy atom. The van der Waals surface area contributed by atoms with Crippen molar-refractivity contribution in [2.75, 3.05) is 13.2 Å². The summed E-state index contributed by atoms with van der Waals surface area (Å²) in [6.45, 7) is 0.195. The van der Waals surface area contributed by atoms with Crippen LogP contribution in [0, 0.1) is 0 Å². The minimum Gasteiger partial charge on any atom is -0.479 e. The van der Waals surface area contributed by atoms with E-state index in [1.54, 1.807) is 0 Å². The van der Waals surface area contributed by atoms with E-state index < -0.39 is 36.4 Å². The van der Waals surface area contributed by atoms with E-state index in [1.807, 2.05) is 0 Å². The summed E-state index contributed by atoms with van der Waals surface area (Å²) in [5, 5.41) is 18.5. The Balaban J connectivity index is 2.75. The number of esters is 1. The summed E-state index contributed by atoms with van der Waals surface area (Å²) >= 11 is 0. The van der Waals surface area contributed by atoms with E-state index in [0.29, 0.717) is 12.8 Å². The van der Waals surface area contributed by atoms with Gasteiger partial charge in [-0.05, 0) is 12.8 Å². The van der Waals surface area contributed by atoms with Gasteiger partial charge in [-0.2, -0.15) is 4.89 Å². The highest BCUT2D eigenvalue weighted by Gasteiger charge is 2.42. The average Bonchev–Trinajstić information content (AvgIpc) is 2.25. The van der Waals surface area contributed by atoms with Gasteiger partial charge in [0.15, 0.2) is 5.60 Å². The first-order valence-corrected chi connectivity index (χ1v) is 5.38. The number of aliphatic hydroxyl groups is 1. The number of carboxylic acid groups (broad SMARTS) is 1. The van der Waals surface area contributed by atoms with Crippen LogP contribution in [0.15, 0.2) is 0 Å². The Morgan fingerprint density at radius 2 is 1.72 bits per heavy atom. The topological polar surface area (TPSA) is 119 Å². The smallest absolute Gasteiger partial charge is 0.345 e. The van der Waals surface area contributed by atoms with Crippen LogP contribution < -0.4 is 0 Å². The number of aliphatic carboxylic acids is 1. The summed E-state index contributed by atoms with van der Waals surface area (Å²) in [6.07, 6.45) is -0.715. The van der Waals surface area contributed by atoms with Gasteiger partial charge in [0, 0.05) is 0 Å². The zero-order valence-corrected chi connectivity index (χ0v) is 9.59. The van der Waals surface area contributed by atoms with E-state index in [4.69, 9.17) is 9.84 Å². The van der Waals surface area contributed by atoms with Crippen molar-refractivity contribution in [2.45, 2.75) is 31.3 Å². The SMILES string of the molecule is O=C1CC(O)(C(=O)O)CC(=O)OOCCCCO1. The molecule has 102 valence electrons. The molecule has 0 aromatic carbocycles. The number of carbonyl (C=O) groups is 3. The molecule has 0 saturated carbocycles. The maximum atomic E-state index is 11.3. The van der Waals surface area contributed by atoms with E-state index in [1.165, 1.54) is 0 Å². The summed E-state index contributed by atoms with van der Waals surface area (Å²) in [5.74, 6) is -3.64. The fourth-order valence-corrected chi connectivity index (χ4v) is 1.33. The molecule has 1 aliphatic rings. The van der Waals surface area contributed by atoms with Crippen molar-refractivity contribution in [3.8, 4) is 0 Å². The molecule has 0 aliphatic carbocycles. The molecule has 0 spiro atoms. The average molecular weight is 262 g/mol. The monoisotopic (exact) mass is 262 g/mol. The Kier molecular flexibility index (Phi) is 5.05. The Hall–Kier alpha value is -1.67. The van der Waals surface area contributed by atoms with Crippen molar-refractivity contribution in [1.82, 2.24) is 0 Å². The standard InChI is InChI=1S/C10H14O8/c11-7-5-10(15,9(13)14)6-8(12)18-17-4-2-1-3-16-7/h15H,1-6H2,(H,13,14). The van der Waals surface area contributed by atoms with Crippen molar-refractivity contribution < 1.29 is 39.1 Å². The van der Waals surface area contributed by atoms with Gasteiger partial charge in [-0.25, -0.2) is 9.59 Å². The molecule has 1 aliphatic heterocycles. The second-order valence-corrected chi connectivity index (χ2v) is 3.90. The first-order valence-electron chi connectivity index (χ1n) is 5.38. The molecule has 1 unspecified atom stereocenters. The summed E-state index contributed by atoms with van der Waals surface area (Å²) in [7, 11) is 0. The van der Waals surface area contributed by atoms with Crippen LogP contribution >= 0.6 is 0 Å². The van der Waals surface area contributed by atoms with Gasteiger partial charge >= 0.3 is 17.9 Å². The number of rotatable bonds is 1. The van der Waals surface area contributed by atoms with Crippen LogP contribution in [0.1, 0.15) is 25.7 Å². The number of carboxylic acids is 1. The summed E-state index contributed by atoms with van der Waals surface area (Å²) < 4.78 is 4.73. The molecule has 1 atom stereocenters. The molecule has 8 nitrogen and oxygen atoms in total. The van der Waals surface area contributed by atoms with Crippen molar-refractivity contribution in [3.63, 3.8) is 0 Å². The Labute approximate surface area is 102 Å². The number of cyclic esters (lactones) is 1. The highest BCUT2D eigenvalue weighted by Crippen LogP contribution is 2.18. The van der Waals surface area contributed by atoms with E-state index in [0.717, 1.165) is 0 Å². The minimum absolute atomic E-state index is 0.0891. The van der Waals surface area contributed by atoms with Crippen LogP contribution in [0.4, 0.5) is 0 Å². The molecule has 0 radical (unpaired) electrons. The lowest BCUT2D eigenvalue weighted by Crippen LogP contribution is -2.43. The summed E-state index contributed by atoms with van der Waals surface area (Å²) in [4.78, 5) is 42.2. The van der Waals surface area contributed by atoms with Crippen LogP contribution in [0.3, 0.4) is 0 Å². The zero-order valence-electron chi connectivity index (χ0n) is 9.59. The number of hydrogen-bond donors (Lipinski definition) is 2. The van der Waals surface area contributed by atoms with Crippen molar-refractivity contribution >= 4 is 17.9 Å². The third kappa shape index (κ3) is 4.30.